The molecule has 0 radical (unpaired) electrons. The van der Waals surface area contributed by atoms with Crippen LogP contribution in [0.15, 0.2) is 46.1 Å². The number of hydrogen-bond acceptors (Lipinski definition) is 2. The molecule has 0 bridgehead atoms. The van der Waals surface area contributed by atoms with E-state index < -0.39 is 0 Å². The lowest BCUT2D eigenvalue weighted by atomic mass is 10.1. The molecule has 0 saturated heterocycles. The van der Waals surface area contributed by atoms with Gasteiger partial charge in [0.2, 0.25) is 0 Å². The second-order valence-electron chi connectivity index (χ2n) is 4.34. The molecule has 0 N–H and O–H groups in total. The fourth-order valence-corrected chi connectivity index (χ4v) is 1.18. The molecule has 0 aromatic rings. The van der Waals surface area contributed by atoms with Crippen molar-refractivity contribution in [1.29, 1.82) is 0 Å². The zero-order valence-corrected chi connectivity index (χ0v) is 11.9. The average molecular weight is 246 g/mol. The summed E-state index contributed by atoms with van der Waals surface area (Å²) in [6, 6.07) is 0. The zero-order chi connectivity index (χ0) is 14.1. The first-order valence-electron chi connectivity index (χ1n) is 5.94. The van der Waals surface area contributed by atoms with E-state index >= 15 is 0 Å². The third kappa shape index (κ3) is 6.74. The highest BCUT2D eigenvalue weighted by Crippen LogP contribution is 2.14. The highest BCUT2D eigenvalue weighted by Gasteiger charge is 2.08. The molecular formula is C15H22N2O. The number of nitrogens with zero attached hydrogens (tertiary/aromatic N) is 2. The Hall–Kier alpha value is -1.77. The van der Waals surface area contributed by atoms with Gasteiger partial charge in [0.1, 0.15) is 0 Å². The van der Waals surface area contributed by atoms with E-state index in [4.69, 9.17) is 0 Å². The van der Waals surface area contributed by atoms with Crippen LogP contribution in [0.3, 0.4) is 0 Å². The fraction of sp³-hybridized carbons (Fsp3) is 0.400. The van der Waals surface area contributed by atoms with Crippen molar-refractivity contribution in [1.82, 2.24) is 0 Å². The van der Waals surface area contributed by atoms with Gasteiger partial charge in [-0.2, -0.15) is 0 Å². The third-order valence-corrected chi connectivity index (χ3v) is 2.09. The normalized spacial score (nSPS) is 11.8. The van der Waals surface area contributed by atoms with Crippen molar-refractivity contribution < 1.29 is 4.79 Å². The molecule has 0 rings (SSSR count). The van der Waals surface area contributed by atoms with Gasteiger partial charge in [-0.1, -0.05) is 18.7 Å². The summed E-state index contributed by atoms with van der Waals surface area (Å²) in [4.78, 5) is 20.0. The summed E-state index contributed by atoms with van der Waals surface area (Å²) in [7, 11) is 0. The predicted octanol–water partition coefficient (Wildman–Crippen LogP) is 3.88. The Morgan fingerprint density at radius 3 is 2.17 bits per heavy atom. The summed E-state index contributed by atoms with van der Waals surface area (Å²) in [5.74, 6) is -0.192. The van der Waals surface area contributed by atoms with E-state index in [2.05, 4.69) is 16.6 Å². The number of carbonyl (C=O) groups is 1. The minimum atomic E-state index is -0.192. The maximum atomic E-state index is 11.8. The van der Waals surface area contributed by atoms with Crippen molar-refractivity contribution in [3.63, 3.8) is 0 Å². The van der Waals surface area contributed by atoms with Gasteiger partial charge in [-0.3, -0.25) is 9.79 Å². The molecule has 18 heavy (non-hydrogen) atoms. The van der Waals surface area contributed by atoms with Crippen LogP contribution in [0.25, 0.3) is 0 Å². The van der Waals surface area contributed by atoms with Crippen LogP contribution in [-0.4, -0.2) is 17.3 Å². The molecule has 3 nitrogen and oxygen atoms in total. The van der Waals surface area contributed by atoms with Crippen LogP contribution < -0.4 is 0 Å². The molecule has 0 fully saturated rings. The maximum Gasteiger partial charge on any atom is 0.272 e. The van der Waals surface area contributed by atoms with Crippen LogP contribution in [0, 0.1) is 0 Å². The molecule has 0 aliphatic rings. The summed E-state index contributed by atoms with van der Waals surface area (Å²) in [6.07, 6.45) is 5.74. The Balaban J connectivity index is 4.98. The van der Waals surface area contributed by atoms with Crippen LogP contribution >= 0.6 is 0 Å². The smallest absolute Gasteiger partial charge is 0.267 e. The lowest BCUT2D eigenvalue weighted by molar-refractivity contribution is -0.114. The molecule has 0 heterocycles. The minimum Gasteiger partial charge on any atom is -0.267 e. The van der Waals surface area contributed by atoms with Gasteiger partial charge >= 0.3 is 0 Å². The monoisotopic (exact) mass is 246 g/mol. The van der Waals surface area contributed by atoms with Gasteiger partial charge in [0.25, 0.3) is 5.91 Å². The molecule has 0 spiro atoms. The number of aliphatic imine (C=N–C) groups is 2. The van der Waals surface area contributed by atoms with Gasteiger partial charge in [-0.25, -0.2) is 4.99 Å². The van der Waals surface area contributed by atoms with Gasteiger partial charge in [-0.15, -0.1) is 0 Å². The second-order valence-corrected chi connectivity index (χ2v) is 4.34. The molecule has 0 aliphatic heterocycles. The summed E-state index contributed by atoms with van der Waals surface area (Å²) >= 11 is 0. The van der Waals surface area contributed by atoms with Gasteiger partial charge in [-0.05, 0) is 40.2 Å². The molecule has 0 aliphatic carbocycles. The lowest BCUT2D eigenvalue weighted by Crippen LogP contribution is -2.02. The molecule has 0 aromatic carbocycles. The van der Waals surface area contributed by atoms with Crippen LogP contribution in [-0.2, 0) is 4.79 Å². The van der Waals surface area contributed by atoms with E-state index in [0.717, 1.165) is 17.0 Å². The molecule has 98 valence electrons. The molecule has 0 unspecified atom stereocenters. The first kappa shape index (κ1) is 16.2. The average Bonchev–Trinajstić information content (AvgIpc) is 2.28. The highest BCUT2D eigenvalue weighted by atomic mass is 16.1. The SMILES string of the molecule is C=CC(=CN=C(C)C)CC(=CC)C(=O)N=C(C)C. The topological polar surface area (TPSA) is 41.8 Å². The van der Waals surface area contributed by atoms with E-state index in [0.29, 0.717) is 12.0 Å². The number of amides is 1. The second kappa shape index (κ2) is 8.34. The summed E-state index contributed by atoms with van der Waals surface area (Å²) in [6.45, 7) is 13.0. The van der Waals surface area contributed by atoms with Gasteiger partial charge in [0.05, 0.1) is 0 Å². The molecule has 1 amide bonds. The summed E-state index contributed by atoms with van der Waals surface area (Å²) < 4.78 is 0. The molecular weight excluding hydrogens is 224 g/mol. The molecule has 0 atom stereocenters. The number of carbonyl (C=O) groups excluding carboxylic acids is 1. The first-order chi connectivity index (χ1) is 8.40. The largest absolute Gasteiger partial charge is 0.272 e. The Bertz CT molecular complexity index is 429. The third-order valence-electron chi connectivity index (χ3n) is 2.09. The fourth-order valence-electron chi connectivity index (χ4n) is 1.18. The van der Waals surface area contributed by atoms with Crippen molar-refractivity contribution >= 4 is 17.3 Å². The highest BCUT2D eigenvalue weighted by molar-refractivity contribution is 6.02. The minimum absolute atomic E-state index is 0.192. The molecule has 3 heteroatoms. The lowest BCUT2D eigenvalue weighted by Gasteiger charge is -2.03. The quantitative estimate of drug-likeness (QED) is 0.412. The van der Waals surface area contributed by atoms with E-state index in [1.54, 1.807) is 32.2 Å². The van der Waals surface area contributed by atoms with Crippen molar-refractivity contribution in [3.05, 3.63) is 36.1 Å². The van der Waals surface area contributed by atoms with Crippen molar-refractivity contribution in [2.24, 2.45) is 9.98 Å². The first-order valence-corrected chi connectivity index (χ1v) is 5.94. The summed E-state index contributed by atoms with van der Waals surface area (Å²) in [5, 5.41) is 0. The van der Waals surface area contributed by atoms with Gasteiger partial charge in [0, 0.05) is 29.6 Å². The van der Waals surface area contributed by atoms with E-state index in [-0.39, 0.29) is 5.91 Å². The van der Waals surface area contributed by atoms with Crippen LogP contribution in [0.1, 0.15) is 41.0 Å². The number of rotatable bonds is 5. The zero-order valence-electron chi connectivity index (χ0n) is 11.9. The van der Waals surface area contributed by atoms with Crippen LogP contribution in [0.2, 0.25) is 0 Å². The number of hydrogen-bond donors (Lipinski definition) is 0. The van der Waals surface area contributed by atoms with Crippen molar-refractivity contribution in [2.45, 2.75) is 41.0 Å². The molecule has 0 aromatic heterocycles. The van der Waals surface area contributed by atoms with E-state index in [9.17, 15) is 4.79 Å². The Labute approximate surface area is 110 Å². The van der Waals surface area contributed by atoms with Gasteiger partial charge in [0.15, 0.2) is 0 Å². The maximum absolute atomic E-state index is 11.8. The Kier molecular flexibility index (Phi) is 7.52. The number of allylic oxidation sites excluding steroid dienone is 3. The van der Waals surface area contributed by atoms with Crippen molar-refractivity contribution in [2.75, 3.05) is 0 Å². The molecule has 0 saturated carbocycles. The predicted molar refractivity (Wildman–Crippen MR) is 79.2 cm³/mol. The van der Waals surface area contributed by atoms with Crippen LogP contribution in [0.4, 0.5) is 0 Å². The van der Waals surface area contributed by atoms with Crippen LogP contribution in [0.5, 0.6) is 0 Å². The van der Waals surface area contributed by atoms with E-state index in [1.807, 2.05) is 20.8 Å². The Morgan fingerprint density at radius 2 is 1.78 bits per heavy atom. The standard InChI is InChI=1S/C15H22N2O/c1-7-13(10-16-11(3)4)9-14(8-2)15(18)17-12(5)6/h7-8,10H,1,9H2,2-6H3. The van der Waals surface area contributed by atoms with Gasteiger partial charge < -0.3 is 0 Å². The van der Waals surface area contributed by atoms with E-state index in [1.165, 1.54) is 0 Å². The Morgan fingerprint density at radius 1 is 1.17 bits per heavy atom. The van der Waals surface area contributed by atoms with Crippen molar-refractivity contribution in [3.8, 4) is 0 Å². The summed E-state index contributed by atoms with van der Waals surface area (Å²) in [5.41, 5.74) is 3.28.